The zero-order valence-corrected chi connectivity index (χ0v) is 20.3. The summed E-state index contributed by atoms with van der Waals surface area (Å²) in [4.78, 5) is 9.09. The zero-order chi connectivity index (χ0) is 23.7. The van der Waals surface area contributed by atoms with Crippen LogP contribution < -0.4 is 19.7 Å². The Labute approximate surface area is 201 Å². The summed E-state index contributed by atoms with van der Waals surface area (Å²) < 4.78 is 32.9. The lowest BCUT2D eigenvalue weighted by Gasteiger charge is -2.41. The van der Waals surface area contributed by atoms with E-state index in [9.17, 15) is 0 Å². The van der Waals surface area contributed by atoms with Gasteiger partial charge in [-0.25, -0.2) is 4.39 Å². The summed E-state index contributed by atoms with van der Waals surface area (Å²) in [5, 5.41) is 3.65. The molecule has 3 aliphatic heterocycles. The molecule has 5 rings (SSSR count). The van der Waals surface area contributed by atoms with Crippen LogP contribution in [0.15, 0.2) is 30.3 Å². The Bertz CT molecular complexity index is 1000. The van der Waals surface area contributed by atoms with Crippen molar-refractivity contribution < 1.29 is 18.6 Å². The van der Waals surface area contributed by atoms with Gasteiger partial charge in [0.05, 0.1) is 32.0 Å². The maximum atomic E-state index is 15.3. The number of aromatic nitrogens is 1. The predicted octanol–water partition coefficient (Wildman–Crippen LogP) is 3.70. The lowest BCUT2D eigenvalue weighted by Crippen LogP contribution is -2.48. The van der Waals surface area contributed by atoms with Gasteiger partial charge in [0.15, 0.2) is 11.6 Å². The number of halogens is 1. The van der Waals surface area contributed by atoms with E-state index in [4.69, 9.17) is 14.2 Å². The largest absolute Gasteiger partial charge is 0.491 e. The molecule has 0 spiro atoms. The van der Waals surface area contributed by atoms with E-state index in [1.54, 1.807) is 6.07 Å². The van der Waals surface area contributed by atoms with Gasteiger partial charge in [-0.3, -0.25) is 4.90 Å². The molecule has 0 saturated carbocycles. The lowest BCUT2D eigenvalue weighted by molar-refractivity contribution is 0.0964. The van der Waals surface area contributed by atoms with Crippen LogP contribution in [0.5, 0.6) is 11.6 Å². The van der Waals surface area contributed by atoms with Crippen molar-refractivity contribution in [2.75, 3.05) is 50.9 Å². The SMILES string of the molecule is CC(C)Oc1ccccc1[C@@H]1CN([C@H]2CCOc3nc(N4CCOC[C@@H]4C)c(F)cc32)CCN1. The van der Waals surface area contributed by atoms with Crippen molar-refractivity contribution in [1.29, 1.82) is 0 Å². The van der Waals surface area contributed by atoms with Crippen molar-refractivity contribution >= 4 is 5.82 Å². The molecule has 7 nitrogen and oxygen atoms in total. The van der Waals surface area contributed by atoms with E-state index < -0.39 is 0 Å². The lowest BCUT2D eigenvalue weighted by atomic mass is 9.97. The Morgan fingerprint density at radius 1 is 1.18 bits per heavy atom. The monoisotopic (exact) mass is 470 g/mol. The molecule has 0 unspecified atom stereocenters. The van der Waals surface area contributed by atoms with Crippen molar-refractivity contribution in [3.63, 3.8) is 0 Å². The van der Waals surface area contributed by atoms with Gasteiger partial charge in [0.25, 0.3) is 0 Å². The number of piperazine rings is 1. The second-order valence-corrected chi connectivity index (χ2v) is 9.66. The molecule has 1 aromatic heterocycles. The topological polar surface area (TPSA) is 59.1 Å². The van der Waals surface area contributed by atoms with Crippen LogP contribution in [0.4, 0.5) is 10.2 Å². The fourth-order valence-electron chi connectivity index (χ4n) is 5.27. The molecule has 1 aromatic carbocycles. The number of nitrogens with one attached hydrogen (secondary N) is 1. The average Bonchev–Trinajstić information content (AvgIpc) is 2.84. The van der Waals surface area contributed by atoms with Crippen LogP contribution in [0.25, 0.3) is 0 Å². The first-order valence-corrected chi connectivity index (χ1v) is 12.4. The van der Waals surface area contributed by atoms with Gasteiger partial charge in [-0.15, -0.1) is 0 Å². The van der Waals surface area contributed by atoms with Gasteiger partial charge in [-0.1, -0.05) is 18.2 Å². The number of hydrogen-bond acceptors (Lipinski definition) is 7. The van der Waals surface area contributed by atoms with Crippen molar-refractivity contribution in [1.82, 2.24) is 15.2 Å². The molecule has 2 saturated heterocycles. The normalized spacial score (nSPS) is 25.7. The first kappa shape index (κ1) is 23.3. The van der Waals surface area contributed by atoms with Crippen LogP contribution in [-0.2, 0) is 4.74 Å². The standard InChI is InChI=1S/C26H35FN4O3/c1-17(2)34-24-7-5-4-6-19(24)22-15-30(10-9-28-22)23-8-12-33-26-20(23)14-21(27)25(29-26)31-11-13-32-16-18(31)3/h4-7,14,17-18,22-23,28H,8-13,15-16H2,1-3H3/t18-,22-,23-/m0/s1. The van der Waals surface area contributed by atoms with Gasteiger partial charge in [-0.05, 0) is 32.9 Å². The second kappa shape index (κ2) is 10.1. The van der Waals surface area contributed by atoms with Crippen LogP contribution in [0.3, 0.4) is 0 Å². The molecule has 0 radical (unpaired) electrons. The van der Waals surface area contributed by atoms with Crippen molar-refractivity contribution in [3.8, 4) is 11.6 Å². The molecule has 0 amide bonds. The highest BCUT2D eigenvalue weighted by Gasteiger charge is 2.35. The second-order valence-electron chi connectivity index (χ2n) is 9.66. The summed E-state index contributed by atoms with van der Waals surface area (Å²) >= 11 is 0. The Kier molecular flexibility index (Phi) is 6.90. The maximum Gasteiger partial charge on any atom is 0.220 e. The molecule has 3 atom stereocenters. The van der Waals surface area contributed by atoms with E-state index >= 15 is 4.39 Å². The highest BCUT2D eigenvalue weighted by atomic mass is 19.1. The molecule has 0 aliphatic carbocycles. The number of benzene rings is 1. The van der Waals surface area contributed by atoms with Crippen LogP contribution in [0.1, 0.15) is 50.4 Å². The third-order valence-electron chi connectivity index (χ3n) is 6.88. The Morgan fingerprint density at radius 2 is 2.03 bits per heavy atom. The van der Waals surface area contributed by atoms with Crippen LogP contribution in [0, 0.1) is 5.82 Å². The number of morpholine rings is 1. The predicted molar refractivity (Wildman–Crippen MR) is 129 cm³/mol. The number of pyridine rings is 1. The van der Waals surface area contributed by atoms with E-state index in [-0.39, 0.29) is 30.0 Å². The summed E-state index contributed by atoms with van der Waals surface area (Å²) in [7, 11) is 0. The van der Waals surface area contributed by atoms with Gasteiger partial charge >= 0.3 is 0 Å². The van der Waals surface area contributed by atoms with E-state index in [1.165, 1.54) is 0 Å². The maximum absolute atomic E-state index is 15.3. The van der Waals surface area contributed by atoms with E-state index in [1.807, 2.05) is 37.8 Å². The summed E-state index contributed by atoms with van der Waals surface area (Å²) in [6, 6.07) is 10.2. The molecule has 0 bridgehead atoms. The van der Waals surface area contributed by atoms with E-state index in [0.29, 0.717) is 38.1 Å². The third kappa shape index (κ3) is 4.72. The molecule has 2 fully saturated rings. The highest BCUT2D eigenvalue weighted by Crippen LogP contribution is 2.40. The fraction of sp³-hybridized carbons (Fsp3) is 0.577. The number of hydrogen-bond donors (Lipinski definition) is 1. The first-order chi connectivity index (χ1) is 16.5. The minimum absolute atomic E-state index is 0.0738. The third-order valence-corrected chi connectivity index (χ3v) is 6.88. The molecule has 184 valence electrons. The summed E-state index contributed by atoms with van der Waals surface area (Å²) in [5.41, 5.74) is 2.01. The van der Waals surface area contributed by atoms with Crippen molar-refractivity contribution in [2.45, 2.75) is 51.4 Å². The molecule has 34 heavy (non-hydrogen) atoms. The number of nitrogens with zero attached hydrogens (tertiary/aromatic N) is 3. The van der Waals surface area contributed by atoms with Gasteiger partial charge in [0, 0.05) is 55.8 Å². The van der Waals surface area contributed by atoms with Crippen LogP contribution in [-0.4, -0.2) is 68.0 Å². The van der Waals surface area contributed by atoms with E-state index in [2.05, 4.69) is 27.3 Å². The quantitative estimate of drug-likeness (QED) is 0.715. The molecule has 3 aliphatic rings. The summed E-state index contributed by atoms with van der Waals surface area (Å²) in [6.45, 7) is 11.0. The summed E-state index contributed by atoms with van der Waals surface area (Å²) in [6.07, 6.45) is 0.929. The number of fused-ring (bicyclic) bond motifs is 1. The zero-order valence-electron chi connectivity index (χ0n) is 20.3. The number of rotatable bonds is 5. The van der Waals surface area contributed by atoms with Gasteiger partial charge in [-0.2, -0.15) is 4.98 Å². The Balaban J connectivity index is 1.39. The first-order valence-electron chi connectivity index (χ1n) is 12.4. The molecule has 4 heterocycles. The average molecular weight is 471 g/mol. The Morgan fingerprint density at radius 3 is 2.85 bits per heavy atom. The fourth-order valence-corrected chi connectivity index (χ4v) is 5.27. The van der Waals surface area contributed by atoms with Crippen LogP contribution in [0.2, 0.25) is 0 Å². The smallest absolute Gasteiger partial charge is 0.220 e. The molecule has 2 aromatic rings. The van der Waals surface area contributed by atoms with Gasteiger partial charge in [0.2, 0.25) is 5.88 Å². The Hall–Kier alpha value is -2.42. The van der Waals surface area contributed by atoms with Crippen molar-refractivity contribution in [3.05, 3.63) is 47.3 Å². The molecule has 1 N–H and O–H groups in total. The summed E-state index contributed by atoms with van der Waals surface area (Å²) in [5.74, 6) is 1.56. The van der Waals surface area contributed by atoms with Gasteiger partial charge in [0.1, 0.15) is 5.75 Å². The van der Waals surface area contributed by atoms with E-state index in [0.717, 1.165) is 42.9 Å². The highest BCUT2D eigenvalue weighted by molar-refractivity contribution is 5.48. The minimum Gasteiger partial charge on any atom is -0.491 e. The van der Waals surface area contributed by atoms with Crippen molar-refractivity contribution in [2.24, 2.45) is 0 Å². The molecular weight excluding hydrogens is 435 g/mol. The number of anilines is 1. The number of para-hydroxylation sites is 1. The molecular formula is C26H35FN4O3. The van der Waals surface area contributed by atoms with Crippen LogP contribution >= 0.6 is 0 Å². The molecule has 8 heteroatoms. The minimum atomic E-state index is -0.287. The van der Waals surface area contributed by atoms with Gasteiger partial charge < -0.3 is 24.4 Å². The number of ether oxygens (including phenoxy) is 3.